The number of ether oxygens (including phenoxy) is 2. The van der Waals surface area contributed by atoms with Crippen molar-refractivity contribution in [3.8, 4) is 0 Å². The molecule has 1 aliphatic rings. The van der Waals surface area contributed by atoms with Crippen LogP contribution in [0.1, 0.15) is 80.2 Å². The second-order valence-electron chi connectivity index (χ2n) is 1.94. The molecule has 0 aromatic rings. The van der Waals surface area contributed by atoms with Gasteiger partial charge in [0.25, 0.3) is 0 Å². The highest BCUT2D eigenvalue weighted by Gasteiger charge is 2.21. The zero-order chi connectivity index (χ0) is 5.82. The maximum atomic E-state index is 5.10. The van der Waals surface area contributed by atoms with E-state index >= 15 is 0 Å². The van der Waals surface area contributed by atoms with Crippen LogP contribution in [-0.2, 0) is 9.47 Å². The molecule has 1 heterocycles. The van der Waals surface area contributed by atoms with Gasteiger partial charge in [0.2, 0.25) is 0 Å². The third kappa shape index (κ3) is 49.2. The highest BCUT2D eigenvalue weighted by atomic mass is 16.6. The van der Waals surface area contributed by atoms with E-state index < -0.39 is 0 Å². The van der Waals surface area contributed by atoms with Gasteiger partial charge in [0.05, 0.1) is 12.7 Å². The molecule has 0 radical (unpaired) electrons. The quantitative estimate of drug-likeness (QED) is 0.423. The summed E-state index contributed by atoms with van der Waals surface area (Å²) in [6, 6.07) is 0. The standard InChI is InChI=1S/C6H12O2.9CH4/c1-2-7-4-3-6-5-8-6;;;;;;;;;/h6H,2-5H2,1H3;9*1H4. The fourth-order valence-corrected chi connectivity index (χ4v) is 0.594. The highest BCUT2D eigenvalue weighted by molar-refractivity contribution is 4.67. The normalized spacial score (nSPS) is 12.2. The van der Waals surface area contributed by atoms with Crippen molar-refractivity contribution in [2.45, 2.75) is 86.3 Å². The Morgan fingerprint density at radius 1 is 0.882 bits per heavy atom. The number of hydrogen-bond donors (Lipinski definition) is 0. The predicted molar refractivity (Wildman–Crippen MR) is 91.4 cm³/mol. The highest BCUT2D eigenvalue weighted by Crippen LogP contribution is 2.12. The molecule has 0 N–H and O–H groups in total. The van der Waals surface area contributed by atoms with E-state index in [9.17, 15) is 0 Å². The van der Waals surface area contributed by atoms with Gasteiger partial charge in [0.15, 0.2) is 0 Å². The van der Waals surface area contributed by atoms with Gasteiger partial charge in [0.1, 0.15) is 0 Å². The van der Waals surface area contributed by atoms with E-state index in [4.69, 9.17) is 9.47 Å². The lowest BCUT2D eigenvalue weighted by molar-refractivity contribution is 0.138. The zero-order valence-corrected chi connectivity index (χ0v) is 5.22. The number of hydrogen-bond acceptors (Lipinski definition) is 2. The van der Waals surface area contributed by atoms with Crippen LogP contribution in [0.2, 0.25) is 0 Å². The van der Waals surface area contributed by atoms with Gasteiger partial charge in [-0.25, -0.2) is 0 Å². The average Bonchev–Trinajstić information content (AvgIpc) is 2.51. The van der Waals surface area contributed by atoms with Crippen LogP contribution in [0.15, 0.2) is 0 Å². The molecule has 1 saturated heterocycles. The van der Waals surface area contributed by atoms with E-state index in [1.807, 2.05) is 6.92 Å². The minimum atomic E-state index is 0. The summed E-state index contributed by atoms with van der Waals surface area (Å²) in [7, 11) is 0. The second-order valence-corrected chi connectivity index (χ2v) is 1.94. The van der Waals surface area contributed by atoms with Gasteiger partial charge >= 0.3 is 0 Å². The topological polar surface area (TPSA) is 21.8 Å². The molecule has 0 spiro atoms. The summed E-state index contributed by atoms with van der Waals surface area (Å²) in [6.07, 6.45) is 1.61. The van der Waals surface area contributed by atoms with Gasteiger partial charge in [0, 0.05) is 13.2 Å². The Morgan fingerprint density at radius 3 is 1.47 bits per heavy atom. The molecule has 2 heteroatoms. The number of epoxide rings is 1. The van der Waals surface area contributed by atoms with Crippen molar-refractivity contribution < 1.29 is 9.47 Å². The summed E-state index contributed by atoms with van der Waals surface area (Å²) in [5, 5.41) is 0. The van der Waals surface area contributed by atoms with E-state index in [1.165, 1.54) is 0 Å². The van der Waals surface area contributed by atoms with Crippen LogP contribution in [0.4, 0.5) is 0 Å². The van der Waals surface area contributed by atoms with Crippen LogP contribution in [0, 0.1) is 0 Å². The molecule has 17 heavy (non-hydrogen) atoms. The Bertz CT molecular complexity index is 61.9. The van der Waals surface area contributed by atoms with Gasteiger partial charge in [-0.05, 0) is 13.3 Å². The van der Waals surface area contributed by atoms with Gasteiger partial charge in [-0.15, -0.1) is 0 Å². The third-order valence-corrected chi connectivity index (χ3v) is 1.19. The van der Waals surface area contributed by atoms with Gasteiger partial charge in [-0.1, -0.05) is 66.8 Å². The summed E-state index contributed by atoms with van der Waals surface area (Å²) < 4.78 is 10.1. The molecule has 0 bridgehead atoms. The van der Waals surface area contributed by atoms with Gasteiger partial charge in [-0.2, -0.15) is 0 Å². The van der Waals surface area contributed by atoms with Crippen molar-refractivity contribution in [2.75, 3.05) is 19.8 Å². The summed E-state index contributed by atoms with van der Waals surface area (Å²) in [5.41, 5.74) is 0. The molecule has 1 aliphatic heterocycles. The molecule has 0 aliphatic carbocycles. The summed E-state index contributed by atoms with van der Waals surface area (Å²) in [4.78, 5) is 0. The second kappa shape index (κ2) is 44.5. The molecule has 0 saturated carbocycles. The molecule has 1 rings (SSSR count). The lowest BCUT2D eigenvalue weighted by Gasteiger charge is -1.94. The molecule has 120 valence electrons. The van der Waals surface area contributed by atoms with E-state index in [-0.39, 0.29) is 66.8 Å². The lowest BCUT2D eigenvalue weighted by Crippen LogP contribution is -1.96. The van der Waals surface area contributed by atoms with Gasteiger partial charge < -0.3 is 9.47 Å². The SMILES string of the molecule is C.C.C.C.C.C.C.C.C.CCOCCC1CO1. The van der Waals surface area contributed by atoms with Crippen LogP contribution in [-0.4, -0.2) is 25.9 Å². The van der Waals surface area contributed by atoms with Crippen molar-refractivity contribution in [3.63, 3.8) is 0 Å². The fraction of sp³-hybridized carbons (Fsp3) is 1.00. The maximum Gasteiger partial charge on any atom is 0.0831 e. The van der Waals surface area contributed by atoms with Crippen molar-refractivity contribution in [1.29, 1.82) is 0 Å². The molecule has 0 aromatic carbocycles. The Hall–Kier alpha value is -0.0800. The number of rotatable bonds is 4. The predicted octanol–water partition coefficient (Wildman–Crippen LogP) is 6.54. The smallest absolute Gasteiger partial charge is 0.0831 e. The first-order chi connectivity index (χ1) is 3.93. The summed E-state index contributed by atoms with van der Waals surface area (Å²) in [5.74, 6) is 0. The Kier molecular flexibility index (Phi) is 179. The van der Waals surface area contributed by atoms with Crippen molar-refractivity contribution in [1.82, 2.24) is 0 Å². The summed E-state index contributed by atoms with van der Waals surface area (Å²) >= 11 is 0. The Labute approximate surface area is 116 Å². The van der Waals surface area contributed by atoms with E-state index in [0.717, 1.165) is 26.2 Å². The zero-order valence-electron chi connectivity index (χ0n) is 5.22. The first-order valence-corrected chi connectivity index (χ1v) is 3.13. The Morgan fingerprint density at radius 2 is 1.24 bits per heavy atom. The Balaban J connectivity index is -0.0000000102. The third-order valence-electron chi connectivity index (χ3n) is 1.19. The van der Waals surface area contributed by atoms with E-state index in [1.54, 1.807) is 0 Å². The van der Waals surface area contributed by atoms with E-state index in [0.29, 0.717) is 6.10 Å². The molecule has 1 fully saturated rings. The minimum Gasteiger partial charge on any atom is -0.382 e. The lowest BCUT2D eigenvalue weighted by atomic mass is 10.3. The molecule has 1 atom stereocenters. The van der Waals surface area contributed by atoms with Crippen molar-refractivity contribution in [2.24, 2.45) is 0 Å². The molecular weight excluding hydrogens is 212 g/mol. The van der Waals surface area contributed by atoms with Crippen molar-refractivity contribution in [3.05, 3.63) is 0 Å². The minimum absolute atomic E-state index is 0. The van der Waals surface area contributed by atoms with Crippen LogP contribution in [0.25, 0.3) is 0 Å². The average molecular weight is 261 g/mol. The molecule has 0 amide bonds. The molecular formula is C15H48O2. The first-order valence-electron chi connectivity index (χ1n) is 3.13. The van der Waals surface area contributed by atoms with Crippen LogP contribution < -0.4 is 0 Å². The van der Waals surface area contributed by atoms with Crippen LogP contribution in [0.5, 0.6) is 0 Å². The molecule has 0 aromatic heterocycles. The first kappa shape index (κ1) is 68.4. The molecule has 2 nitrogen and oxygen atoms in total. The summed E-state index contributed by atoms with van der Waals surface area (Å²) in [6.45, 7) is 4.65. The van der Waals surface area contributed by atoms with Gasteiger partial charge in [-0.3, -0.25) is 0 Å². The largest absolute Gasteiger partial charge is 0.382 e. The maximum absolute atomic E-state index is 5.10. The fourth-order valence-electron chi connectivity index (χ4n) is 0.594. The van der Waals surface area contributed by atoms with Crippen molar-refractivity contribution >= 4 is 0 Å². The molecule has 1 unspecified atom stereocenters. The van der Waals surface area contributed by atoms with Crippen LogP contribution in [0.3, 0.4) is 0 Å². The van der Waals surface area contributed by atoms with E-state index in [2.05, 4.69) is 0 Å². The monoisotopic (exact) mass is 260 g/mol. The van der Waals surface area contributed by atoms with Crippen LogP contribution >= 0.6 is 0 Å².